The number of carbonyl (C=O) groups is 1. The molecule has 0 saturated carbocycles. The van der Waals surface area contributed by atoms with Gasteiger partial charge in [-0.15, -0.1) is 11.3 Å². The van der Waals surface area contributed by atoms with Gasteiger partial charge in [0.25, 0.3) is 0 Å². The highest BCUT2D eigenvalue weighted by molar-refractivity contribution is 9.10. The Bertz CT molecular complexity index is 894. The van der Waals surface area contributed by atoms with E-state index < -0.39 is 9.84 Å². The van der Waals surface area contributed by atoms with Gasteiger partial charge in [-0.2, -0.15) is 0 Å². The molecule has 1 fully saturated rings. The molecule has 2 heterocycles. The monoisotopic (exact) mass is 472 g/mol. The highest BCUT2D eigenvalue weighted by Gasteiger charge is 2.27. The Morgan fingerprint density at radius 1 is 1.41 bits per heavy atom. The molecular formula is C18H21BrN2O4S2. The first kappa shape index (κ1) is 20.4. The second kappa shape index (κ2) is 8.81. The van der Waals surface area contributed by atoms with Crippen LogP contribution in [0, 0.1) is 5.92 Å². The van der Waals surface area contributed by atoms with E-state index >= 15 is 0 Å². The summed E-state index contributed by atoms with van der Waals surface area (Å²) in [6.45, 7) is 1.42. The maximum absolute atomic E-state index is 13.0. The number of anilines is 1. The van der Waals surface area contributed by atoms with E-state index in [0.29, 0.717) is 35.2 Å². The van der Waals surface area contributed by atoms with Crippen LogP contribution in [-0.4, -0.2) is 38.8 Å². The number of amides is 1. The fraction of sp³-hybridized carbons (Fsp3) is 0.444. The van der Waals surface area contributed by atoms with Gasteiger partial charge in [0.1, 0.15) is 0 Å². The van der Waals surface area contributed by atoms with Crippen LogP contribution < -0.4 is 5.32 Å². The van der Waals surface area contributed by atoms with Crippen molar-refractivity contribution >= 4 is 48.1 Å². The van der Waals surface area contributed by atoms with Crippen LogP contribution >= 0.6 is 27.3 Å². The first-order valence-corrected chi connectivity index (χ1v) is 12.2. The van der Waals surface area contributed by atoms with Gasteiger partial charge in [0.2, 0.25) is 5.91 Å². The third-order valence-electron chi connectivity index (χ3n) is 4.65. The summed E-state index contributed by atoms with van der Waals surface area (Å²) in [6, 6.07) is 5.02. The van der Waals surface area contributed by atoms with Crippen molar-refractivity contribution in [2.24, 2.45) is 5.92 Å². The molecule has 1 aliphatic rings. The highest BCUT2D eigenvalue weighted by Crippen LogP contribution is 2.33. The van der Waals surface area contributed by atoms with E-state index in [1.54, 1.807) is 29.8 Å². The lowest BCUT2D eigenvalue weighted by Crippen LogP contribution is -2.26. The molecule has 0 bridgehead atoms. The van der Waals surface area contributed by atoms with Gasteiger partial charge in [-0.3, -0.25) is 4.79 Å². The molecule has 2 aromatic rings. The van der Waals surface area contributed by atoms with Crippen molar-refractivity contribution < 1.29 is 17.9 Å². The van der Waals surface area contributed by atoms with Gasteiger partial charge in [-0.25, -0.2) is 13.4 Å². The summed E-state index contributed by atoms with van der Waals surface area (Å²) in [5, 5.41) is 5.24. The lowest BCUT2D eigenvalue weighted by molar-refractivity contribution is -0.118. The number of ether oxygens (including phenoxy) is 1. The zero-order chi connectivity index (χ0) is 19.4. The minimum absolute atomic E-state index is 0.129. The smallest absolute Gasteiger partial charge is 0.233 e. The molecule has 6 nitrogen and oxygen atoms in total. The average molecular weight is 473 g/mol. The van der Waals surface area contributed by atoms with E-state index in [-0.39, 0.29) is 16.7 Å². The molecule has 1 N–H and O–H groups in total. The maximum Gasteiger partial charge on any atom is 0.233 e. The SMILES string of the molecule is CS(=O)(=O)c1ccc(C(CC2CCOCC2)C(=O)Nc2nccs2)cc1Br. The van der Waals surface area contributed by atoms with Gasteiger partial charge in [-0.1, -0.05) is 6.07 Å². The van der Waals surface area contributed by atoms with Crippen molar-refractivity contribution in [3.63, 3.8) is 0 Å². The number of hydrogen-bond acceptors (Lipinski definition) is 6. The quantitative estimate of drug-likeness (QED) is 0.689. The molecule has 27 heavy (non-hydrogen) atoms. The van der Waals surface area contributed by atoms with Crippen molar-refractivity contribution in [1.82, 2.24) is 4.98 Å². The Morgan fingerprint density at radius 3 is 2.74 bits per heavy atom. The zero-order valence-electron chi connectivity index (χ0n) is 14.9. The van der Waals surface area contributed by atoms with E-state index in [1.165, 1.54) is 17.6 Å². The van der Waals surface area contributed by atoms with Crippen LogP contribution in [0.3, 0.4) is 0 Å². The third-order valence-corrected chi connectivity index (χ3v) is 7.41. The summed E-state index contributed by atoms with van der Waals surface area (Å²) in [6.07, 6.45) is 5.34. The molecule has 1 unspecified atom stereocenters. The number of hydrogen-bond donors (Lipinski definition) is 1. The molecule has 1 aromatic heterocycles. The predicted molar refractivity (Wildman–Crippen MR) is 109 cm³/mol. The number of halogens is 1. The maximum atomic E-state index is 13.0. The van der Waals surface area contributed by atoms with E-state index in [0.717, 1.165) is 18.4 Å². The standard InChI is InChI=1S/C18H21BrN2O4S2/c1-27(23,24)16-3-2-13(11-15(16)19)14(10-12-4-7-25-8-5-12)17(22)21-18-20-6-9-26-18/h2-3,6,9,11-12,14H,4-5,7-8,10H2,1H3,(H,20,21,22). The Balaban J connectivity index is 1.88. The molecule has 1 amide bonds. The number of carbonyl (C=O) groups excluding carboxylic acids is 1. The van der Waals surface area contributed by atoms with Crippen LogP contribution in [0.4, 0.5) is 5.13 Å². The topological polar surface area (TPSA) is 85.4 Å². The average Bonchev–Trinajstić information content (AvgIpc) is 3.12. The van der Waals surface area contributed by atoms with Crippen LogP contribution in [-0.2, 0) is 19.4 Å². The first-order chi connectivity index (χ1) is 12.8. The summed E-state index contributed by atoms with van der Waals surface area (Å²) in [5.41, 5.74) is 0.787. The van der Waals surface area contributed by atoms with Gasteiger partial charge < -0.3 is 10.1 Å². The Morgan fingerprint density at radius 2 is 2.15 bits per heavy atom. The van der Waals surface area contributed by atoms with Crippen LogP contribution in [0.1, 0.15) is 30.7 Å². The van der Waals surface area contributed by atoms with Gasteiger partial charge in [0, 0.05) is 35.5 Å². The Kier molecular flexibility index (Phi) is 6.67. The normalized spacial score (nSPS) is 16.8. The minimum atomic E-state index is -3.34. The molecule has 3 rings (SSSR count). The number of sulfone groups is 1. The summed E-state index contributed by atoms with van der Waals surface area (Å²) in [4.78, 5) is 17.3. The number of nitrogens with zero attached hydrogens (tertiary/aromatic N) is 1. The third kappa shape index (κ3) is 5.37. The molecule has 9 heteroatoms. The molecule has 146 valence electrons. The van der Waals surface area contributed by atoms with Crippen molar-refractivity contribution in [2.75, 3.05) is 24.8 Å². The second-order valence-corrected chi connectivity index (χ2v) is 10.4. The largest absolute Gasteiger partial charge is 0.381 e. The van der Waals surface area contributed by atoms with Crippen LogP contribution in [0.5, 0.6) is 0 Å². The Hall–Kier alpha value is -1.29. The van der Waals surface area contributed by atoms with E-state index in [2.05, 4.69) is 26.2 Å². The van der Waals surface area contributed by atoms with Gasteiger partial charge >= 0.3 is 0 Å². The molecule has 0 aliphatic carbocycles. The van der Waals surface area contributed by atoms with Crippen LogP contribution in [0.25, 0.3) is 0 Å². The molecule has 1 aromatic carbocycles. The summed E-state index contributed by atoms with van der Waals surface area (Å²) >= 11 is 4.71. The number of thiazole rings is 1. The first-order valence-electron chi connectivity index (χ1n) is 8.62. The highest BCUT2D eigenvalue weighted by atomic mass is 79.9. The van der Waals surface area contributed by atoms with Crippen LogP contribution in [0.15, 0.2) is 39.1 Å². The fourth-order valence-electron chi connectivity index (χ4n) is 3.22. The van der Waals surface area contributed by atoms with E-state index in [1.807, 2.05) is 0 Å². The lowest BCUT2D eigenvalue weighted by Gasteiger charge is -2.26. The van der Waals surface area contributed by atoms with Crippen molar-refractivity contribution in [2.45, 2.75) is 30.1 Å². The summed E-state index contributed by atoms with van der Waals surface area (Å²) < 4.78 is 29.6. The molecular weight excluding hydrogens is 452 g/mol. The number of benzene rings is 1. The van der Waals surface area contributed by atoms with Crippen molar-refractivity contribution in [1.29, 1.82) is 0 Å². The molecule has 0 spiro atoms. The summed E-state index contributed by atoms with van der Waals surface area (Å²) in [7, 11) is -3.34. The van der Waals surface area contributed by atoms with Crippen molar-refractivity contribution in [3.8, 4) is 0 Å². The van der Waals surface area contributed by atoms with Crippen LogP contribution in [0.2, 0.25) is 0 Å². The predicted octanol–water partition coefficient (Wildman–Crippen LogP) is 3.85. The van der Waals surface area contributed by atoms with Gasteiger partial charge in [0.05, 0.1) is 10.8 Å². The van der Waals surface area contributed by atoms with Gasteiger partial charge in [-0.05, 0) is 58.8 Å². The zero-order valence-corrected chi connectivity index (χ0v) is 18.1. The van der Waals surface area contributed by atoms with Gasteiger partial charge in [0.15, 0.2) is 15.0 Å². The molecule has 1 aliphatic heterocycles. The Labute approximate surface area is 171 Å². The molecule has 1 atom stereocenters. The van der Waals surface area contributed by atoms with E-state index in [9.17, 15) is 13.2 Å². The summed E-state index contributed by atoms with van der Waals surface area (Å²) in [5.74, 6) is -0.128. The number of rotatable bonds is 6. The fourth-order valence-corrected chi connectivity index (χ4v) is 5.76. The molecule has 1 saturated heterocycles. The number of aromatic nitrogens is 1. The molecule has 0 radical (unpaired) electrons. The van der Waals surface area contributed by atoms with E-state index in [4.69, 9.17) is 4.74 Å². The minimum Gasteiger partial charge on any atom is -0.381 e. The number of nitrogens with one attached hydrogen (secondary N) is 1. The van der Waals surface area contributed by atoms with Crippen molar-refractivity contribution in [3.05, 3.63) is 39.8 Å². The lowest BCUT2D eigenvalue weighted by atomic mass is 9.84. The second-order valence-electron chi connectivity index (χ2n) is 6.63.